The Balaban J connectivity index is 0.00000105. The molecule has 0 aromatic heterocycles. The molecule has 0 radical (unpaired) electrons. The monoisotopic (exact) mass is 631 g/mol. The summed E-state index contributed by atoms with van der Waals surface area (Å²) in [4.78, 5) is 43.5. The highest BCUT2D eigenvalue weighted by Crippen LogP contribution is 2.36. The smallest absolute Gasteiger partial charge is 0.245 e. The van der Waals surface area contributed by atoms with Gasteiger partial charge >= 0.3 is 0 Å². The van der Waals surface area contributed by atoms with Gasteiger partial charge in [0.25, 0.3) is 0 Å². The standard InChI is InChI=1S/C30H50FN5O3.C6H12/c1-8-30(28(39)34-29(4,5)6)14-17-36(18-15-30)27(38)25(19-22-9-11-23(31)12-10-22)33-26(37)13-16-35(7)20-24(32)21(2)3;1-2-4-6-5-3-1/h9-12,21,24-25H,8,13-20,32H2,1-7H3,(H,33,37)(H,34,39);1-6H2/t24?,25-;/m1./s1. The summed E-state index contributed by atoms with van der Waals surface area (Å²) in [6, 6.07) is 5.23. The highest BCUT2D eigenvalue weighted by molar-refractivity contribution is 5.88. The second-order valence-electron chi connectivity index (χ2n) is 14.7. The SMILES string of the molecule is C1CCCCC1.CCC1(C(=O)NC(C)(C)C)CCN(C(=O)[C@@H](Cc2ccc(F)cc2)NC(=O)CCN(C)CC(N)C(C)C)CC1. The third-order valence-corrected chi connectivity index (χ3v) is 9.26. The Morgan fingerprint density at radius 1 is 1.00 bits per heavy atom. The van der Waals surface area contributed by atoms with Crippen LogP contribution in [0.3, 0.4) is 0 Å². The molecule has 1 aliphatic heterocycles. The van der Waals surface area contributed by atoms with Crippen molar-refractivity contribution in [3.8, 4) is 0 Å². The van der Waals surface area contributed by atoms with Gasteiger partial charge in [0.05, 0.1) is 5.41 Å². The van der Waals surface area contributed by atoms with Gasteiger partial charge in [0.15, 0.2) is 0 Å². The summed E-state index contributed by atoms with van der Waals surface area (Å²) in [6.45, 7) is 14.1. The summed E-state index contributed by atoms with van der Waals surface area (Å²) >= 11 is 0. The number of benzene rings is 1. The highest BCUT2D eigenvalue weighted by atomic mass is 19.1. The fraction of sp³-hybridized carbons (Fsp3) is 0.750. The Morgan fingerprint density at radius 2 is 1.53 bits per heavy atom. The summed E-state index contributed by atoms with van der Waals surface area (Å²) in [5, 5.41) is 6.05. The number of nitrogens with one attached hydrogen (secondary N) is 2. The number of likely N-dealkylation sites (N-methyl/N-ethyl adjacent to an activating group) is 1. The zero-order valence-corrected chi connectivity index (χ0v) is 29.2. The van der Waals surface area contributed by atoms with E-state index >= 15 is 0 Å². The van der Waals surface area contributed by atoms with Gasteiger partial charge in [-0.25, -0.2) is 4.39 Å². The Kier molecular flexibility index (Phi) is 16.0. The fourth-order valence-corrected chi connectivity index (χ4v) is 5.93. The molecular weight excluding hydrogens is 569 g/mol. The predicted octanol–water partition coefficient (Wildman–Crippen LogP) is 5.43. The normalized spacial score (nSPS) is 18.1. The molecule has 2 aliphatic rings. The largest absolute Gasteiger partial charge is 0.351 e. The number of carbonyl (C=O) groups is 3. The molecule has 1 unspecified atom stereocenters. The van der Waals surface area contributed by atoms with Gasteiger partial charge in [0.2, 0.25) is 17.7 Å². The lowest BCUT2D eigenvalue weighted by atomic mass is 9.74. The molecule has 3 amide bonds. The molecule has 0 bridgehead atoms. The molecule has 1 heterocycles. The topological polar surface area (TPSA) is 108 Å². The van der Waals surface area contributed by atoms with Crippen LogP contribution in [0.1, 0.15) is 111 Å². The average Bonchev–Trinajstić information content (AvgIpc) is 3.00. The van der Waals surface area contributed by atoms with E-state index in [4.69, 9.17) is 5.73 Å². The van der Waals surface area contributed by atoms with Gasteiger partial charge in [-0.1, -0.05) is 71.4 Å². The Morgan fingerprint density at radius 3 is 2.00 bits per heavy atom. The van der Waals surface area contributed by atoms with Crippen molar-refractivity contribution >= 4 is 17.7 Å². The summed E-state index contributed by atoms with van der Waals surface area (Å²) < 4.78 is 13.5. The molecule has 0 spiro atoms. The maximum Gasteiger partial charge on any atom is 0.245 e. The Labute approximate surface area is 272 Å². The van der Waals surface area contributed by atoms with Gasteiger partial charge in [-0.2, -0.15) is 0 Å². The molecule has 1 aromatic rings. The minimum Gasteiger partial charge on any atom is -0.351 e. The lowest BCUT2D eigenvalue weighted by Crippen LogP contribution is -2.56. The fourth-order valence-electron chi connectivity index (χ4n) is 5.93. The van der Waals surface area contributed by atoms with Crippen LogP contribution in [0, 0.1) is 17.2 Å². The molecular formula is C36H62FN5O3. The summed E-state index contributed by atoms with van der Waals surface area (Å²) in [5.74, 6) is -0.376. The van der Waals surface area contributed by atoms with Crippen LogP contribution >= 0.6 is 0 Å². The third kappa shape index (κ3) is 13.8. The second kappa shape index (κ2) is 18.6. The van der Waals surface area contributed by atoms with Crippen LogP contribution in [0.2, 0.25) is 0 Å². The number of hydrogen-bond donors (Lipinski definition) is 3. The van der Waals surface area contributed by atoms with E-state index in [0.717, 1.165) is 5.56 Å². The van der Waals surface area contributed by atoms with E-state index in [2.05, 4.69) is 24.5 Å². The van der Waals surface area contributed by atoms with Gasteiger partial charge in [-0.3, -0.25) is 14.4 Å². The minimum atomic E-state index is -0.774. The summed E-state index contributed by atoms with van der Waals surface area (Å²) in [6.07, 6.45) is 11.3. The van der Waals surface area contributed by atoms with E-state index < -0.39 is 11.5 Å². The zero-order chi connectivity index (χ0) is 33.6. The van der Waals surface area contributed by atoms with Gasteiger partial charge in [-0.15, -0.1) is 0 Å². The van der Waals surface area contributed by atoms with Gasteiger partial charge < -0.3 is 26.2 Å². The molecule has 256 valence electrons. The second-order valence-corrected chi connectivity index (χ2v) is 14.7. The van der Waals surface area contributed by atoms with Crippen molar-refractivity contribution in [2.75, 3.05) is 33.2 Å². The van der Waals surface area contributed by atoms with E-state index in [-0.39, 0.29) is 48.0 Å². The number of hydrogen-bond acceptors (Lipinski definition) is 5. The first-order valence-corrected chi connectivity index (χ1v) is 17.2. The van der Waals surface area contributed by atoms with Crippen LogP contribution in [0.4, 0.5) is 4.39 Å². The molecule has 4 N–H and O–H groups in total. The lowest BCUT2D eigenvalue weighted by molar-refractivity contribution is -0.143. The van der Waals surface area contributed by atoms with E-state index in [0.29, 0.717) is 51.4 Å². The van der Waals surface area contributed by atoms with Crippen molar-refractivity contribution in [2.24, 2.45) is 17.1 Å². The van der Waals surface area contributed by atoms with Gasteiger partial charge in [0.1, 0.15) is 11.9 Å². The quantitative estimate of drug-likeness (QED) is 0.285. The van der Waals surface area contributed by atoms with E-state index in [9.17, 15) is 18.8 Å². The number of nitrogens with zero attached hydrogens (tertiary/aromatic N) is 2. The van der Waals surface area contributed by atoms with Crippen LogP contribution in [0.25, 0.3) is 0 Å². The minimum absolute atomic E-state index is 0.0192. The van der Waals surface area contributed by atoms with Crippen LogP contribution in [-0.4, -0.2) is 78.4 Å². The van der Waals surface area contributed by atoms with Crippen LogP contribution in [-0.2, 0) is 20.8 Å². The molecule has 1 aliphatic carbocycles. The van der Waals surface area contributed by atoms with E-state index in [1.807, 2.05) is 39.6 Å². The first-order valence-electron chi connectivity index (χ1n) is 17.2. The summed E-state index contributed by atoms with van der Waals surface area (Å²) in [5.41, 5.74) is 6.08. The van der Waals surface area contributed by atoms with E-state index in [1.54, 1.807) is 17.0 Å². The van der Waals surface area contributed by atoms with E-state index in [1.165, 1.54) is 50.7 Å². The first kappa shape index (κ1) is 38.7. The number of carbonyl (C=O) groups excluding carboxylic acids is 3. The van der Waals surface area contributed by atoms with Crippen LogP contribution in [0.5, 0.6) is 0 Å². The number of halogens is 1. The lowest BCUT2D eigenvalue weighted by Gasteiger charge is -2.42. The molecule has 1 saturated carbocycles. The molecule has 2 fully saturated rings. The highest BCUT2D eigenvalue weighted by Gasteiger charge is 2.42. The number of nitrogens with two attached hydrogens (primary N) is 1. The van der Waals surface area contributed by atoms with Crippen LogP contribution in [0.15, 0.2) is 24.3 Å². The first-order chi connectivity index (χ1) is 21.2. The predicted molar refractivity (Wildman–Crippen MR) is 181 cm³/mol. The molecule has 1 aromatic carbocycles. The maximum absolute atomic E-state index is 13.7. The van der Waals surface area contributed by atoms with Gasteiger partial charge in [0, 0.05) is 50.6 Å². The molecule has 8 nitrogen and oxygen atoms in total. The molecule has 9 heteroatoms. The molecule has 1 saturated heterocycles. The van der Waals surface area contributed by atoms with Crippen molar-refractivity contribution in [3.05, 3.63) is 35.6 Å². The number of rotatable bonds is 12. The third-order valence-electron chi connectivity index (χ3n) is 9.26. The Hall–Kier alpha value is -2.52. The van der Waals surface area contributed by atoms with Crippen LogP contribution < -0.4 is 16.4 Å². The zero-order valence-electron chi connectivity index (χ0n) is 29.2. The number of piperidine rings is 1. The van der Waals surface area contributed by atoms with Crippen molar-refractivity contribution in [1.82, 2.24) is 20.4 Å². The summed E-state index contributed by atoms with van der Waals surface area (Å²) in [7, 11) is 1.93. The molecule has 2 atom stereocenters. The number of likely N-dealkylation sites (tertiary alicyclic amines) is 1. The van der Waals surface area contributed by atoms with Crippen molar-refractivity contribution in [1.29, 1.82) is 0 Å². The van der Waals surface area contributed by atoms with Gasteiger partial charge in [-0.05, 0) is 70.7 Å². The Bertz CT molecular complexity index is 1030. The molecule has 3 rings (SSSR count). The average molecular weight is 632 g/mol. The van der Waals surface area contributed by atoms with Crippen molar-refractivity contribution in [2.45, 2.75) is 130 Å². The maximum atomic E-state index is 13.7. The van der Waals surface area contributed by atoms with Crippen molar-refractivity contribution < 1.29 is 18.8 Å². The number of amides is 3. The van der Waals surface area contributed by atoms with Crippen molar-refractivity contribution in [3.63, 3.8) is 0 Å². The molecule has 45 heavy (non-hydrogen) atoms.